The number of aryl methyl sites for hydroxylation is 1. The molecule has 2 heterocycles. The fourth-order valence-corrected chi connectivity index (χ4v) is 2.45. The molecule has 0 amide bonds. The van der Waals surface area contributed by atoms with E-state index in [2.05, 4.69) is 30.9 Å². The van der Waals surface area contributed by atoms with Crippen molar-refractivity contribution in [1.82, 2.24) is 25.6 Å². The summed E-state index contributed by atoms with van der Waals surface area (Å²) < 4.78 is 0. The number of benzene rings is 1. The molecule has 0 bridgehead atoms. The minimum Gasteiger partial charge on any atom is -0.380 e. The summed E-state index contributed by atoms with van der Waals surface area (Å²) in [7, 11) is 0. The maximum Gasteiger partial charge on any atom is 0.204 e. The summed E-state index contributed by atoms with van der Waals surface area (Å²) in [4.78, 5) is 5.47. The van der Waals surface area contributed by atoms with Crippen molar-refractivity contribution in [2.45, 2.75) is 13.5 Å². The molecule has 2 N–H and O–H groups in total. The number of H-pyrrole nitrogens is 1. The van der Waals surface area contributed by atoms with Crippen LogP contribution in [0.4, 0.5) is 5.69 Å². The number of anilines is 1. The lowest BCUT2D eigenvalue weighted by Gasteiger charge is -2.06. The van der Waals surface area contributed by atoms with Gasteiger partial charge in [0.15, 0.2) is 0 Å². The molecule has 0 saturated carbocycles. The molecule has 6 nitrogen and oxygen atoms in total. The molecule has 0 aliphatic heterocycles. The number of hydrogen-bond acceptors (Lipinski definition) is 6. The summed E-state index contributed by atoms with van der Waals surface area (Å²) in [6.45, 7) is 2.79. The quantitative estimate of drug-likeness (QED) is 0.761. The standard InChI is InChI=1S/C12H12N6S/c1-8-11(19-7-14-8)6-13-10-4-2-3-9(5-10)12-15-17-18-16-12/h2-5,7,13H,6H2,1H3,(H,15,16,17,18). The van der Waals surface area contributed by atoms with Crippen LogP contribution < -0.4 is 5.32 Å². The highest BCUT2D eigenvalue weighted by Gasteiger charge is 2.04. The van der Waals surface area contributed by atoms with Gasteiger partial charge in [0.25, 0.3) is 0 Å². The Labute approximate surface area is 113 Å². The highest BCUT2D eigenvalue weighted by Crippen LogP contribution is 2.20. The maximum atomic E-state index is 4.23. The van der Waals surface area contributed by atoms with Crippen molar-refractivity contribution < 1.29 is 0 Å². The van der Waals surface area contributed by atoms with E-state index in [1.165, 1.54) is 4.88 Å². The lowest BCUT2D eigenvalue weighted by molar-refractivity contribution is 0.881. The second-order valence-corrected chi connectivity index (χ2v) is 4.97. The van der Waals surface area contributed by atoms with Gasteiger partial charge in [-0.2, -0.15) is 5.21 Å². The number of thiazole rings is 1. The Balaban J connectivity index is 1.75. The number of nitrogens with zero attached hydrogens (tertiary/aromatic N) is 4. The first-order valence-corrected chi connectivity index (χ1v) is 6.67. The molecule has 0 aliphatic rings. The molecular weight excluding hydrogens is 260 g/mol. The van der Waals surface area contributed by atoms with Crippen molar-refractivity contribution in [2.24, 2.45) is 0 Å². The molecule has 0 atom stereocenters. The average molecular weight is 272 g/mol. The molecular formula is C12H12N6S. The van der Waals surface area contributed by atoms with Gasteiger partial charge in [0.05, 0.1) is 17.7 Å². The fraction of sp³-hybridized carbons (Fsp3) is 0.167. The first kappa shape index (κ1) is 11.8. The Hall–Kier alpha value is -2.28. The molecule has 3 rings (SSSR count). The molecule has 0 unspecified atom stereocenters. The van der Waals surface area contributed by atoms with Crippen molar-refractivity contribution in [1.29, 1.82) is 0 Å². The fourth-order valence-electron chi connectivity index (χ4n) is 1.73. The molecule has 3 aromatic rings. The van der Waals surface area contributed by atoms with Crippen molar-refractivity contribution in [3.05, 3.63) is 40.3 Å². The third-order valence-electron chi connectivity index (χ3n) is 2.76. The molecule has 0 saturated heterocycles. The summed E-state index contributed by atoms with van der Waals surface area (Å²) >= 11 is 1.66. The highest BCUT2D eigenvalue weighted by atomic mass is 32.1. The third-order valence-corrected chi connectivity index (χ3v) is 3.70. The van der Waals surface area contributed by atoms with Gasteiger partial charge in [0.2, 0.25) is 5.82 Å². The lowest BCUT2D eigenvalue weighted by atomic mass is 10.2. The highest BCUT2D eigenvalue weighted by molar-refractivity contribution is 7.09. The maximum absolute atomic E-state index is 4.23. The van der Waals surface area contributed by atoms with Crippen LogP contribution in [0, 0.1) is 6.92 Å². The summed E-state index contributed by atoms with van der Waals surface area (Å²) in [5.41, 5.74) is 4.89. The normalized spacial score (nSPS) is 10.6. The summed E-state index contributed by atoms with van der Waals surface area (Å²) in [5, 5.41) is 17.3. The van der Waals surface area contributed by atoms with Crippen molar-refractivity contribution >= 4 is 17.0 Å². The van der Waals surface area contributed by atoms with E-state index >= 15 is 0 Å². The predicted octanol–water partition coefficient (Wildman–Crippen LogP) is 2.24. The first-order chi connectivity index (χ1) is 9.33. The zero-order valence-corrected chi connectivity index (χ0v) is 11.1. The minimum absolute atomic E-state index is 0.595. The Kier molecular flexibility index (Phi) is 3.20. The van der Waals surface area contributed by atoms with Crippen molar-refractivity contribution in [3.8, 4) is 11.4 Å². The lowest BCUT2D eigenvalue weighted by Crippen LogP contribution is -1.99. The van der Waals surface area contributed by atoms with Crippen LogP contribution in [0.1, 0.15) is 10.6 Å². The van der Waals surface area contributed by atoms with E-state index in [-0.39, 0.29) is 0 Å². The van der Waals surface area contributed by atoms with Gasteiger partial charge >= 0.3 is 0 Å². The van der Waals surface area contributed by atoms with E-state index < -0.39 is 0 Å². The molecule has 0 spiro atoms. The smallest absolute Gasteiger partial charge is 0.204 e. The van der Waals surface area contributed by atoms with E-state index in [4.69, 9.17) is 0 Å². The van der Waals surface area contributed by atoms with E-state index in [0.29, 0.717) is 5.82 Å². The van der Waals surface area contributed by atoms with Gasteiger partial charge < -0.3 is 5.32 Å². The minimum atomic E-state index is 0.595. The van der Waals surface area contributed by atoms with Crippen molar-refractivity contribution in [2.75, 3.05) is 5.32 Å². The molecule has 0 radical (unpaired) electrons. The van der Waals surface area contributed by atoms with Crippen LogP contribution in [0.3, 0.4) is 0 Å². The molecule has 0 fully saturated rings. The van der Waals surface area contributed by atoms with E-state index in [9.17, 15) is 0 Å². The van der Waals surface area contributed by atoms with Gasteiger partial charge in [0, 0.05) is 16.1 Å². The molecule has 96 valence electrons. The number of tetrazole rings is 1. The van der Waals surface area contributed by atoms with Gasteiger partial charge in [-0.1, -0.05) is 12.1 Å². The Bertz CT molecular complexity index is 660. The summed E-state index contributed by atoms with van der Waals surface area (Å²) in [5.74, 6) is 0.595. The van der Waals surface area contributed by atoms with Gasteiger partial charge in [-0.3, -0.25) is 0 Å². The second-order valence-electron chi connectivity index (χ2n) is 4.03. The Morgan fingerprint density at radius 3 is 3.05 bits per heavy atom. The molecule has 7 heteroatoms. The zero-order chi connectivity index (χ0) is 13.1. The van der Waals surface area contributed by atoms with Crippen LogP contribution in [-0.4, -0.2) is 25.6 Å². The van der Waals surface area contributed by atoms with Gasteiger partial charge in [-0.15, -0.1) is 21.5 Å². The van der Waals surface area contributed by atoms with E-state index in [1.807, 2.05) is 36.7 Å². The molecule has 1 aromatic carbocycles. The summed E-state index contributed by atoms with van der Waals surface area (Å²) in [6.07, 6.45) is 0. The molecule has 0 aliphatic carbocycles. The van der Waals surface area contributed by atoms with Gasteiger partial charge in [0.1, 0.15) is 0 Å². The molecule has 2 aromatic heterocycles. The van der Waals surface area contributed by atoms with Crippen LogP contribution in [0.2, 0.25) is 0 Å². The number of aromatic amines is 1. The number of rotatable bonds is 4. The Morgan fingerprint density at radius 1 is 1.37 bits per heavy atom. The first-order valence-electron chi connectivity index (χ1n) is 5.79. The van der Waals surface area contributed by atoms with Gasteiger partial charge in [-0.25, -0.2) is 4.98 Å². The topological polar surface area (TPSA) is 79.4 Å². The van der Waals surface area contributed by atoms with Crippen LogP contribution in [-0.2, 0) is 6.54 Å². The Morgan fingerprint density at radius 2 is 2.32 bits per heavy atom. The summed E-state index contributed by atoms with van der Waals surface area (Å²) in [6, 6.07) is 7.93. The van der Waals surface area contributed by atoms with Crippen molar-refractivity contribution in [3.63, 3.8) is 0 Å². The van der Waals surface area contributed by atoms with Crippen LogP contribution in [0.25, 0.3) is 11.4 Å². The van der Waals surface area contributed by atoms with E-state index in [1.54, 1.807) is 11.3 Å². The number of nitrogens with one attached hydrogen (secondary N) is 2. The largest absolute Gasteiger partial charge is 0.380 e. The monoisotopic (exact) mass is 272 g/mol. The van der Waals surface area contributed by atoms with Crippen LogP contribution in [0.15, 0.2) is 29.8 Å². The predicted molar refractivity (Wildman–Crippen MR) is 73.8 cm³/mol. The average Bonchev–Trinajstić information content (AvgIpc) is 3.08. The second kappa shape index (κ2) is 5.15. The van der Waals surface area contributed by atoms with Gasteiger partial charge in [-0.05, 0) is 24.3 Å². The number of aromatic nitrogens is 5. The van der Waals surface area contributed by atoms with Crippen LogP contribution in [0.5, 0.6) is 0 Å². The number of hydrogen-bond donors (Lipinski definition) is 2. The zero-order valence-electron chi connectivity index (χ0n) is 10.3. The third kappa shape index (κ3) is 2.60. The van der Waals surface area contributed by atoms with Crippen LogP contribution >= 0.6 is 11.3 Å². The SMILES string of the molecule is Cc1ncsc1CNc1cccc(-c2nn[nH]n2)c1. The molecule has 19 heavy (non-hydrogen) atoms. The van der Waals surface area contributed by atoms with E-state index in [0.717, 1.165) is 23.5 Å².